The fraction of sp³-hybridized carbons (Fsp3) is 0.467. The number of amides is 1. The summed E-state index contributed by atoms with van der Waals surface area (Å²) in [4.78, 5) is 26.4. The van der Waals surface area contributed by atoms with Crippen LogP contribution in [0.2, 0.25) is 0 Å². The summed E-state index contributed by atoms with van der Waals surface area (Å²) in [5, 5.41) is 8.65. The molecular formula is C15H19NO3S. The molecule has 1 saturated heterocycles. The Balaban J connectivity index is 2.16. The number of aryl methyl sites for hydroxylation is 1. The summed E-state index contributed by atoms with van der Waals surface area (Å²) in [7, 11) is 0. The molecule has 0 saturated carbocycles. The minimum Gasteiger partial charge on any atom is -0.478 e. The van der Waals surface area contributed by atoms with Crippen LogP contribution in [0.15, 0.2) is 12.1 Å². The van der Waals surface area contributed by atoms with E-state index >= 15 is 0 Å². The van der Waals surface area contributed by atoms with Crippen LogP contribution in [0.4, 0.5) is 0 Å². The van der Waals surface area contributed by atoms with Crippen LogP contribution in [-0.4, -0.2) is 35.0 Å². The maximum atomic E-state index is 12.4. The van der Waals surface area contributed by atoms with E-state index in [1.54, 1.807) is 6.08 Å². The number of carbonyl (C=O) groups is 2. The van der Waals surface area contributed by atoms with Gasteiger partial charge in [-0.2, -0.15) is 0 Å². The molecule has 1 amide bonds. The lowest BCUT2D eigenvalue weighted by Gasteiger charge is -2.19. The first-order chi connectivity index (χ1) is 9.28. The highest BCUT2D eigenvalue weighted by Crippen LogP contribution is 2.31. The minimum atomic E-state index is -0.980. The topological polar surface area (TPSA) is 57.6 Å². The number of hydrogen-bond acceptors (Lipinski definition) is 3. The number of likely N-dealkylation sites (tertiary alicyclic amines) is 1. The van der Waals surface area contributed by atoms with E-state index in [4.69, 9.17) is 5.11 Å². The predicted molar refractivity (Wildman–Crippen MR) is 80.0 cm³/mol. The molecule has 20 heavy (non-hydrogen) atoms. The molecule has 0 spiro atoms. The Morgan fingerprint density at radius 1 is 1.45 bits per heavy atom. The first kappa shape index (κ1) is 14.8. The van der Waals surface area contributed by atoms with E-state index in [2.05, 4.69) is 13.8 Å². The van der Waals surface area contributed by atoms with Gasteiger partial charge in [-0.3, -0.25) is 4.79 Å². The van der Waals surface area contributed by atoms with E-state index in [0.717, 1.165) is 36.0 Å². The fourth-order valence-corrected chi connectivity index (χ4v) is 3.40. The summed E-state index contributed by atoms with van der Waals surface area (Å²) in [5.74, 6) is -0.925. The van der Waals surface area contributed by atoms with Crippen LogP contribution in [-0.2, 0) is 4.79 Å². The van der Waals surface area contributed by atoms with Crippen molar-refractivity contribution in [3.63, 3.8) is 0 Å². The molecule has 2 heterocycles. The Bertz CT molecular complexity index is 572. The zero-order chi connectivity index (χ0) is 14.9. The molecule has 1 aliphatic rings. The SMILES string of the molecule is Cc1cc(C(=O)N2CCC(C)(C)C2)sc1/C=C/C(=O)O. The second-order valence-corrected chi connectivity index (χ2v) is 7.05. The molecular weight excluding hydrogens is 274 g/mol. The summed E-state index contributed by atoms with van der Waals surface area (Å²) in [6.07, 6.45) is 3.67. The predicted octanol–water partition coefficient (Wildman–Crippen LogP) is 3.03. The summed E-state index contributed by atoms with van der Waals surface area (Å²) >= 11 is 1.36. The van der Waals surface area contributed by atoms with Gasteiger partial charge in [-0.25, -0.2) is 4.79 Å². The fourth-order valence-electron chi connectivity index (χ4n) is 2.36. The average molecular weight is 293 g/mol. The van der Waals surface area contributed by atoms with Crippen molar-refractivity contribution in [3.05, 3.63) is 27.5 Å². The van der Waals surface area contributed by atoms with E-state index in [1.165, 1.54) is 11.3 Å². The summed E-state index contributed by atoms with van der Waals surface area (Å²) < 4.78 is 0. The van der Waals surface area contributed by atoms with Crippen molar-refractivity contribution >= 4 is 29.3 Å². The van der Waals surface area contributed by atoms with E-state index in [1.807, 2.05) is 17.9 Å². The van der Waals surface area contributed by atoms with Crippen LogP contribution in [0.25, 0.3) is 6.08 Å². The van der Waals surface area contributed by atoms with Crippen molar-refractivity contribution in [3.8, 4) is 0 Å². The Morgan fingerprint density at radius 2 is 2.15 bits per heavy atom. The number of thiophene rings is 1. The molecule has 4 nitrogen and oxygen atoms in total. The highest BCUT2D eigenvalue weighted by molar-refractivity contribution is 7.15. The molecule has 108 valence electrons. The van der Waals surface area contributed by atoms with Gasteiger partial charge in [-0.1, -0.05) is 13.8 Å². The molecule has 0 unspecified atom stereocenters. The van der Waals surface area contributed by atoms with E-state index in [9.17, 15) is 9.59 Å². The lowest BCUT2D eigenvalue weighted by molar-refractivity contribution is -0.131. The third kappa shape index (κ3) is 3.28. The first-order valence-electron chi connectivity index (χ1n) is 6.59. The van der Waals surface area contributed by atoms with E-state index < -0.39 is 5.97 Å². The quantitative estimate of drug-likeness (QED) is 0.871. The van der Waals surface area contributed by atoms with Crippen LogP contribution < -0.4 is 0 Å². The molecule has 1 aliphatic heterocycles. The largest absolute Gasteiger partial charge is 0.478 e. The smallest absolute Gasteiger partial charge is 0.328 e. The molecule has 0 atom stereocenters. The number of carboxylic acids is 1. The highest BCUT2D eigenvalue weighted by atomic mass is 32.1. The lowest BCUT2D eigenvalue weighted by Crippen LogP contribution is -2.29. The van der Waals surface area contributed by atoms with E-state index in [0.29, 0.717) is 4.88 Å². The zero-order valence-corrected chi connectivity index (χ0v) is 12.8. The van der Waals surface area contributed by atoms with Crippen molar-refractivity contribution in [2.75, 3.05) is 13.1 Å². The van der Waals surface area contributed by atoms with E-state index in [-0.39, 0.29) is 11.3 Å². The Morgan fingerprint density at radius 3 is 2.70 bits per heavy atom. The van der Waals surface area contributed by atoms with Crippen LogP contribution >= 0.6 is 11.3 Å². The number of carboxylic acid groups (broad SMARTS) is 1. The van der Waals surface area contributed by atoms with Crippen LogP contribution in [0.1, 0.15) is 40.4 Å². The van der Waals surface area contributed by atoms with Crippen molar-refractivity contribution in [2.24, 2.45) is 5.41 Å². The maximum Gasteiger partial charge on any atom is 0.328 e. The Kier molecular flexibility index (Phi) is 3.99. The van der Waals surface area contributed by atoms with Gasteiger partial charge in [-0.05, 0) is 36.5 Å². The Labute approximate surface area is 122 Å². The average Bonchev–Trinajstić information content (AvgIpc) is 2.89. The van der Waals surface area contributed by atoms with Gasteiger partial charge in [0.2, 0.25) is 0 Å². The third-order valence-electron chi connectivity index (χ3n) is 3.51. The molecule has 1 N–H and O–H groups in total. The highest BCUT2D eigenvalue weighted by Gasteiger charge is 2.32. The molecule has 1 aromatic rings. The molecule has 1 fully saturated rings. The number of carbonyl (C=O) groups excluding carboxylic acids is 1. The van der Waals surface area contributed by atoms with Gasteiger partial charge in [-0.15, -0.1) is 11.3 Å². The molecule has 0 radical (unpaired) electrons. The van der Waals surface area contributed by atoms with Crippen molar-refractivity contribution in [1.29, 1.82) is 0 Å². The molecule has 5 heteroatoms. The normalized spacial score (nSPS) is 17.9. The van der Waals surface area contributed by atoms with Crippen molar-refractivity contribution < 1.29 is 14.7 Å². The second-order valence-electron chi connectivity index (χ2n) is 5.97. The van der Waals surface area contributed by atoms with Gasteiger partial charge >= 0.3 is 5.97 Å². The van der Waals surface area contributed by atoms with Crippen LogP contribution in [0, 0.1) is 12.3 Å². The lowest BCUT2D eigenvalue weighted by atomic mass is 9.93. The van der Waals surface area contributed by atoms with Crippen LogP contribution in [0.3, 0.4) is 0 Å². The van der Waals surface area contributed by atoms with Gasteiger partial charge < -0.3 is 10.0 Å². The number of hydrogen-bond donors (Lipinski definition) is 1. The third-order valence-corrected chi connectivity index (χ3v) is 4.70. The van der Waals surface area contributed by atoms with Crippen molar-refractivity contribution in [1.82, 2.24) is 4.90 Å². The molecule has 0 bridgehead atoms. The second kappa shape index (κ2) is 5.40. The summed E-state index contributed by atoms with van der Waals surface area (Å²) in [5.41, 5.74) is 1.13. The monoisotopic (exact) mass is 293 g/mol. The molecule has 0 aromatic carbocycles. The molecule has 1 aromatic heterocycles. The van der Waals surface area contributed by atoms with Gasteiger partial charge in [0.05, 0.1) is 4.88 Å². The molecule has 0 aliphatic carbocycles. The summed E-state index contributed by atoms with van der Waals surface area (Å²) in [6.45, 7) is 7.80. The first-order valence-corrected chi connectivity index (χ1v) is 7.41. The standard InChI is InChI=1S/C15H19NO3S/c1-10-8-12(20-11(10)4-5-13(17)18)14(19)16-7-6-15(2,3)9-16/h4-5,8H,6-7,9H2,1-3H3,(H,17,18)/b5-4+. The number of aliphatic carboxylic acids is 1. The molecule has 2 rings (SSSR count). The van der Waals surface area contributed by atoms with Gasteiger partial charge in [0, 0.05) is 24.0 Å². The zero-order valence-electron chi connectivity index (χ0n) is 12.0. The number of nitrogens with zero attached hydrogens (tertiary/aromatic N) is 1. The Hall–Kier alpha value is -1.62. The summed E-state index contributed by atoms with van der Waals surface area (Å²) in [6, 6.07) is 1.85. The van der Waals surface area contributed by atoms with Gasteiger partial charge in [0.15, 0.2) is 0 Å². The maximum absolute atomic E-state index is 12.4. The van der Waals surface area contributed by atoms with Gasteiger partial charge in [0.1, 0.15) is 0 Å². The minimum absolute atomic E-state index is 0.0543. The van der Waals surface area contributed by atoms with Crippen molar-refractivity contribution in [2.45, 2.75) is 27.2 Å². The number of rotatable bonds is 3. The van der Waals surface area contributed by atoms with Crippen LogP contribution in [0.5, 0.6) is 0 Å². The van der Waals surface area contributed by atoms with Gasteiger partial charge in [0.25, 0.3) is 5.91 Å².